The lowest BCUT2D eigenvalue weighted by Gasteiger charge is -2.20. The van der Waals surface area contributed by atoms with Gasteiger partial charge in [0.05, 0.1) is 17.5 Å². The minimum Gasteiger partial charge on any atom is -0.317 e. The molecule has 3 heterocycles. The van der Waals surface area contributed by atoms with Gasteiger partial charge >= 0.3 is 0 Å². The molecular weight excluding hydrogens is 353 g/mol. The van der Waals surface area contributed by atoms with Crippen LogP contribution in [0.5, 0.6) is 0 Å². The number of rotatable bonds is 4. The molecule has 0 spiro atoms. The van der Waals surface area contributed by atoms with E-state index < -0.39 is 5.82 Å². The number of benzene rings is 1. The minimum absolute atomic E-state index is 0.286. The summed E-state index contributed by atoms with van der Waals surface area (Å²) in [5, 5.41) is 13.3. The average Bonchev–Trinajstić information content (AvgIpc) is 3.32. The summed E-state index contributed by atoms with van der Waals surface area (Å²) in [5.41, 5.74) is 0.953. The third-order valence-electron chi connectivity index (χ3n) is 4.51. The Balaban J connectivity index is 1.52. The van der Waals surface area contributed by atoms with E-state index in [0.717, 1.165) is 25.9 Å². The molecular formula is C18H18FN5OS. The Kier molecular flexibility index (Phi) is 4.77. The highest BCUT2D eigenvalue weighted by Crippen LogP contribution is 2.32. The second-order valence-electron chi connectivity index (χ2n) is 6.18. The van der Waals surface area contributed by atoms with Crippen molar-refractivity contribution in [1.82, 2.24) is 20.5 Å². The second kappa shape index (κ2) is 7.35. The highest BCUT2D eigenvalue weighted by molar-refractivity contribution is 7.15. The van der Waals surface area contributed by atoms with Crippen molar-refractivity contribution in [1.29, 1.82) is 0 Å². The van der Waals surface area contributed by atoms with Gasteiger partial charge in [0.2, 0.25) is 0 Å². The normalized spacial score (nSPS) is 15.1. The van der Waals surface area contributed by atoms with Gasteiger partial charge in [-0.05, 0) is 44.0 Å². The summed E-state index contributed by atoms with van der Waals surface area (Å²) >= 11 is 1.49. The summed E-state index contributed by atoms with van der Waals surface area (Å²) in [4.78, 5) is 18.1. The van der Waals surface area contributed by atoms with E-state index in [1.807, 2.05) is 6.20 Å². The maximum Gasteiger partial charge on any atom is 0.261 e. The predicted octanol–water partition coefficient (Wildman–Crippen LogP) is 3.39. The van der Waals surface area contributed by atoms with E-state index in [-0.39, 0.29) is 11.5 Å². The van der Waals surface area contributed by atoms with Crippen LogP contribution >= 0.6 is 11.3 Å². The molecule has 0 bridgehead atoms. The molecule has 26 heavy (non-hydrogen) atoms. The first kappa shape index (κ1) is 16.9. The number of piperidine rings is 1. The van der Waals surface area contributed by atoms with Crippen LogP contribution in [-0.2, 0) is 0 Å². The molecule has 3 N–H and O–H groups in total. The zero-order valence-electron chi connectivity index (χ0n) is 14.0. The quantitative estimate of drug-likeness (QED) is 0.656. The molecule has 0 atom stereocenters. The molecule has 4 rings (SSSR count). The van der Waals surface area contributed by atoms with Crippen molar-refractivity contribution in [2.24, 2.45) is 0 Å². The smallest absolute Gasteiger partial charge is 0.261 e. The number of hydrogen-bond donors (Lipinski definition) is 3. The second-order valence-corrected chi connectivity index (χ2v) is 7.25. The molecule has 8 heteroatoms. The Morgan fingerprint density at radius 3 is 2.85 bits per heavy atom. The first-order chi connectivity index (χ1) is 12.7. The van der Waals surface area contributed by atoms with Crippen molar-refractivity contribution < 1.29 is 9.18 Å². The highest BCUT2D eigenvalue weighted by atomic mass is 32.1. The maximum absolute atomic E-state index is 14.0. The van der Waals surface area contributed by atoms with Crippen LogP contribution in [0.1, 0.15) is 34.0 Å². The van der Waals surface area contributed by atoms with E-state index >= 15 is 0 Å². The summed E-state index contributed by atoms with van der Waals surface area (Å²) < 4.78 is 14.0. The largest absolute Gasteiger partial charge is 0.317 e. The molecule has 134 valence electrons. The number of amides is 1. The molecule has 1 aliphatic rings. The number of halogens is 1. The molecule has 1 amide bonds. The summed E-state index contributed by atoms with van der Waals surface area (Å²) in [6.45, 7) is 2.01. The number of H-pyrrole nitrogens is 1. The Morgan fingerprint density at radius 1 is 1.23 bits per heavy atom. The van der Waals surface area contributed by atoms with Crippen LogP contribution in [0.3, 0.4) is 0 Å². The van der Waals surface area contributed by atoms with Crippen LogP contribution in [-0.4, -0.2) is 34.2 Å². The molecule has 1 aromatic carbocycles. The molecule has 1 fully saturated rings. The van der Waals surface area contributed by atoms with Crippen LogP contribution in [0, 0.1) is 5.82 Å². The number of aromatic nitrogens is 3. The van der Waals surface area contributed by atoms with Gasteiger partial charge in [-0.2, -0.15) is 5.10 Å². The monoisotopic (exact) mass is 371 g/mol. The zero-order valence-corrected chi connectivity index (χ0v) is 14.8. The molecule has 0 aliphatic carbocycles. The van der Waals surface area contributed by atoms with Gasteiger partial charge in [0.25, 0.3) is 5.91 Å². The average molecular weight is 371 g/mol. The fraction of sp³-hybridized carbons (Fsp3) is 0.278. The van der Waals surface area contributed by atoms with Crippen LogP contribution in [0.2, 0.25) is 0 Å². The standard InChI is InChI=1S/C18H18FN5OS/c19-14-4-2-1-3-12(14)16-13(9-22-24-16)17(25)23-18-21-10-15(26-18)11-5-7-20-8-6-11/h1-4,9-11,20H,5-8H2,(H,22,24)(H,21,23,25). The zero-order chi connectivity index (χ0) is 17.9. The third-order valence-corrected chi connectivity index (χ3v) is 5.59. The lowest BCUT2D eigenvalue weighted by atomic mass is 9.97. The van der Waals surface area contributed by atoms with Crippen LogP contribution in [0.4, 0.5) is 9.52 Å². The Hall–Kier alpha value is -2.58. The number of anilines is 1. The van der Waals surface area contributed by atoms with Crippen molar-refractivity contribution in [2.75, 3.05) is 18.4 Å². The number of nitrogens with one attached hydrogen (secondary N) is 3. The van der Waals surface area contributed by atoms with Gasteiger partial charge in [0, 0.05) is 16.6 Å². The summed E-state index contributed by atoms with van der Waals surface area (Å²) in [7, 11) is 0. The van der Waals surface area contributed by atoms with E-state index in [4.69, 9.17) is 0 Å². The lowest BCUT2D eigenvalue weighted by Crippen LogP contribution is -2.26. The lowest BCUT2D eigenvalue weighted by molar-refractivity contribution is 0.102. The summed E-state index contributed by atoms with van der Waals surface area (Å²) in [6.07, 6.45) is 5.39. The number of carbonyl (C=O) groups is 1. The predicted molar refractivity (Wildman–Crippen MR) is 98.9 cm³/mol. The van der Waals surface area contributed by atoms with Gasteiger partial charge in [0.1, 0.15) is 5.82 Å². The SMILES string of the molecule is O=C(Nc1ncc(C2CCNCC2)s1)c1cn[nH]c1-c1ccccc1F. The van der Waals surface area contributed by atoms with E-state index in [1.165, 1.54) is 28.5 Å². The molecule has 2 aromatic heterocycles. The van der Waals surface area contributed by atoms with Crippen LogP contribution < -0.4 is 10.6 Å². The van der Waals surface area contributed by atoms with Crippen molar-refractivity contribution in [2.45, 2.75) is 18.8 Å². The van der Waals surface area contributed by atoms with Crippen molar-refractivity contribution >= 4 is 22.4 Å². The third kappa shape index (κ3) is 3.38. The fourth-order valence-corrected chi connectivity index (χ4v) is 4.11. The fourth-order valence-electron chi connectivity index (χ4n) is 3.13. The highest BCUT2D eigenvalue weighted by Gasteiger charge is 2.21. The summed E-state index contributed by atoms with van der Waals surface area (Å²) in [6, 6.07) is 6.28. The first-order valence-corrected chi connectivity index (χ1v) is 9.30. The van der Waals surface area contributed by atoms with E-state index in [0.29, 0.717) is 22.3 Å². The van der Waals surface area contributed by atoms with Crippen LogP contribution in [0.25, 0.3) is 11.3 Å². The Bertz CT molecular complexity index is 916. The molecule has 3 aromatic rings. The molecule has 1 aliphatic heterocycles. The maximum atomic E-state index is 14.0. The van der Waals surface area contributed by atoms with E-state index in [2.05, 4.69) is 25.8 Å². The van der Waals surface area contributed by atoms with Crippen LogP contribution in [0.15, 0.2) is 36.7 Å². The topological polar surface area (TPSA) is 82.7 Å². The first-order valence-electron chi connectivity index (χ1n) is 8.48. The van der Waals surface area contributed by atoms with Gasteiger partial charge < -0.3 is 5.32 Å². The van der Waals surface area contributed by atoms with E-state index in [9.17, 15) is 9.18 Å². The molecule has 6 nitrogen and oxygen atoms in total. The Morgan fingerprint density at radius 2 is 2.04 bits per heavy atom. The van der Waals surface area contributed by atoms with Crippen molar-refractivity contribution in [3.05, 3.63) is 52.9 Å². The number of thiazole rings is 1. The molecule has 0 unspecified atom stereocenters. The minimum atomic E-state index is -0.409. The van der Waals surface area contributed by atoms with Crippen molar-refractivity contribution in [3.63, 3.8) is 0 Å². The molecule has 1 saturated heterocycles. The van der Waals surface area contributed by atoms with Gasteiger partial charge in [0.15, 0.2) is 5.13 Å². The summed E-state index contributed by atoms with van der Waals surface area (Å²) in [5.74, 6) is -0.279. The number of carbonyl (C=O) groups excluding carboxylic acids is 1. The van der Waals surface area contributed by atoms with Gasteiger partial charge in [-0.15, -0.1) is 11.3 Å². The number of nitrogens with zero attached hydrogens (tertiary/aromatic N) is 2. The van der Waals surface area contributed by atoms with Gasteiger partial charge in [-0.3, -0.25) is 15.2 Å². The Labute approximate surface area is 153 Å². The number of hydrogen-bond acceptors (Lipinski definition) is 5. The number of aromatic amines is 1. The van der Waals surface area contributed by atoms with Gasteiger partial charge in [-0.1, -0.05) is 12.1 Å². The van der Waals surface area contributed by atoms with Crippen molar-refractivity contribution in [3.8, 4) is 11.3 Å². The van der Waals surface area contributed by atoms with Gasteiger partial charge in [-0.25, -0.2) is 9.37 Å². The molecule has 0 saturated carbocycles. The molecule has 0 radical (unpaired) electrons. The van der Waals surface area contributed by atoms with E-state index in [1.54, 1.807) is 18.2 Å².